The largest absolute Gasteiger partial charge is 0.418 e. The van der Waals surface area contributed by atoms with Crippen molar-refractivity contribution in [2.75, 3.05) is 24.2 Å². The highest BCUT2D eigenvalue weighted by atomic mass is 19.4. The van der Waals surface area contributed by atoms with Crippen molar-refractivity contribution in [2.24, 2.45) is 0 Å². The molecule has 0 spiro atoms. The molecule has 0 aromatic heterocycles. The minimum Gasteiger partial charge on any atom is -0.399 e. The second kappa shape index (κ2) is 4.77. The summed E-state index contributed by atoms with van der Waals surface area (Å²) in [5, 5.41) is 0. The van der Waals surface area contributed by atoms with Crippen LogP contribution < -0.4 is 10.6 Å². The minimum absolute atomic E-state index is 0.0634. The third-order valence-corrected chi connectivity index (χ3v) is 2.15. The molecule has 1 rings (SSSR count). The van der Waals surface area contributed by atoms with Crippen molar-refractivity contribution in [3.63, 3.8) is 0 Å². The number of benzene rings is 1. The molecule has 0 radical (unpaired) electrons. The van der Waals surface area contributed by atoms with Crippen molar-refractivity contribution in [2.45, 2.75) is 12.6 Å². The van der Waals surface area contributed by atoms with Gasteiger partial charge >= 0.3 is 6.18 Å². The second-order valence-electron chi connectivity index (χ2n) is 3.55. The highest BCUT2D eigenvalue weighted by molar-refractivity contribution is 5.60. The van der Waals surface area contributed by atoms with Gasteiger partial charge in [0.2, 0.25) is 0 Å². The van der Waals surface area contributed by atoms with Gasteiger partial charge in [0, 0.05) is 18.4 Å². The normalized spacial score (nSPS) is 11.9. The van der Waals surface area contributed by atoms with Gasteiger partial charge in [-0.25, -0.2) is 8.78 Å². The van der Waals surface area contributed by atoms with Crippen LogP contribution in [0.25, 0.3) is 0 Å². The predicted molar refractivity (Wildman–Crippen MR) is 55.1 cm³/mol. The van der Waals surface area contributed by atoms with E-state index in [0.717, 1.165) is 17.0 Å². The molecule has 0 heterocycles. The molecule has 17 heavy (non-hydrogen) atoms. The van der Waals surface area contributed by atoms with Gasteiger partial charge in [0.25, 0.3) is 6.43 Å². The van der Waals surface area contributed by atoms with Crippen molar-refractivity contribution in [3.8, 4) is 0 Å². The summed E-state index contributed by atoms with van der Waals surface area (Å²) >= 11 is 0. The number of anilines is 2. The first kappa shape index (κ1) is 13.5. The van der Waals surface area contributed by atoms with Crippen LogP contribution in [0.3, 0.4) is 0 Å². The first-order valence-corrected chi connectivity index (χ1v) is 4.68. The molecule has 2 N–H and O–H groups in total. The van der Waals surface area contributed by atoms with Crippen LogP contribution in [-0.4, -0.2) is 20.0 Å². The van der Waals surface area contributed by atoms with Crippen LogP contribution in [0.5, 0.6) is 0 Å². The van der Waals surface area contributed by atoms with E-state index in [-0.39, 0.29) is 11.4 Å². The summed E-state index contributed by atoms with van der Waals surface area (Å²) < 4.78 is 62.2. The van der Waals surface area contributed by atoms with Crippen LogP contribution in [0, 0.1) is 0 Å². The van der Waals surface area contributed by atoms with Crippen molar-refractivity contribution < 1.29 is 22.0 Å². The number of nitrogen functional groups attached to an aromatic ring is 1. The Labute approximate surface area is 94.8 Å². The predicted octanol–water partition coefficient (Wildman–Crippen LogP) is 2.99. The molecule has 0 aliphatic carbocycles. The molecule has 2 nitrogen and oxygen atoms in total. The lowest BCUT2D eigenvalue weighted by Gasteiger charge is -2.23. The van der Waals surface area contributed by atoms with Crippen molar-refractivity contribution >= 4 is 11.4 Å². The topological polar surface area (TPSA) is 29.3 Å². The third kappa shape index (κ3) is 3.47. The monoisotopic (exact) mass is 254 g/mol. The van der Waals surface area contributed by atoms with Crippen molar-refractivity contribution in [1.29, 1.82) is 0 Å². The Morgan fingerprint density at radius 2 is 1.88 bits per heavy atom. The summed E-state index contributed by atoms with van der Waals surface area (Å²) in [7, 11) is 1.17. The van der Waals surface area contributed by atoms with E-state index < -0.39 is 24.7 Å². The van der Waals surface area contributed by atoms with E-state index in [0.29, 0.717) is 0 Å². The van der Waals surface area contributed by atoms with E-state index in [1.165, 1.54) is 13.1 Å². The van der Waals surface area contributed by atoms with Gasteiger partial charge in [-0.05, 0) is 18.2 Å². The second-order valence-corrected chi connectivity index (χ2v) is 3.55. The maximum Gasteiger partial charge on any atom is 0.418 e. The average molecular weight is 254 g/mol. The molecular formula is C10H11F5N2. The van der Waals surface area contributed by atoms with Crippen LogP contribution in [0.15, 0.2) is 18.2 Å². The fourth-order valence-corrected chi connectivity index (χ4v) is 1.42. The Morgan fingerprint density at radius 1 is 1.29 bits per heavy atom. The molecule has 0 fully saturated rings. The number of hydrogen-bond donors (Lipinski definition) is 1. The molecule has 0 amide bonds. The van der Waals surface area contributed by atoms with Crippen LogP contribution in [0.4, 0.5) is 33.3 Å². The Hall–Kier alpha value is -1.53. The van der Waals surface area contributed by atoms with E-state index in [1.807, 2.05) is 0 Å². The summed E-state index contributed by atoms with van der Waals surface area (Å²) in [5.74, 6) is 0. The zero-order chi connectivity index (χ0) is 13.2. The zero-order valence-electron chi connectivity index (χ0n) is 8.93. The van der Waals surface area contributed by atoms with Gasteiger partial charge in [-0.1, -0.05) is 0 Å². The molecule has 96 valence electrons. The van der Waals surface area contributed by atoms with E-state index in [9.17, 15) is 22.0 Å². The third-order valence-electron chi connectivity index (χ3n) is 2.15. The molecule has 7 heteroatoms. The Morgan fingerprint density at radius 3 is 2.35 bits per heavy atom. The molecular weight excluding hydrogens is 243 g/mol. The van der Waals surface area contributed by atoms with E-state index >= 15 is 0 Å². The highest BCUT2D eigenvalue weighted by Crippen LogP contribution is 2.37. The molecule has 1 aromatic rings. The lowest BCUT2D eigenvalue weighted by Crippen LogP contribution is -2.26. The molecule has 0 aliphatic rings. The van der Waals surface area contributed by atoms with Gasteiger partial charge in [-0.2, -0.15) is 13.2 Å². The molecule has 0 aliphatic heterocycles. The number of halogens is 5. The molecule has 0 saturated carbocycles. The lowest BCUT2D eigenvalue weighted by atomic mass is 10.1. The van der Waals surface area contributed by atoms with Gasteiger partial charge in [-0.15, -0.1) is 0 Å². The average Bonchev–Trinajstić information content (AvgIpc) is 2.14. The van der Waals surface area contributed by atoms with E-state index in [2.05, 4.69) is 0 Å². The number of hydrogen-bond acceptors (Lipinski definition) is 2. The number of rotatable bonds is 3. The zero-order valence-corrected chi connectivity index (χ0v) is 8.93. The van der Waals surface area contributed by atoms with Gasteiger partial charge in [0.1, 0.15) is 0 Å². The number of alkyl halides is 5. The van der Waals surface area contributed by atoms with Crippen LogP contribution in [-0.2, 0) is 6.18 Å². The Balaban J connectivity index is 3.15. The fourth-order valence-electron chi connectivity index (χ4n) is 1.42. The van der Waals surface area contributed by atoms with Crippen LogP contribution in [0.2, 0.25) is 0 Å². The maximum atomic E-state index is 12.7. The van der Waals surface area contributed by atoms with Gasteiger partial charge < -0.3 is 10.6 Å². The molecule has 0 unspecified atom stereocenters. The van der Waals surface area contributed by atoms with E-state index in [4.69, 9.17) is 5.73 Å². The number of nitrogens with two attached hydrogens (primary N) is 1. The van der Waals surface area contributed by atoms with Gasteiger partial charge in [0.15, 0.2) is 0 Å². The first-order chi connectivity index (χ1) is 7.71. The summed E-state index contributed by atoms with van der Waals surface area (Å²) in [6.07, 6.45) is -7.33. The lowest BCUT2D eigenvalue weighted by molar-refractivity contribution is -0.137. The summed E-state index contributed by atoms with van der Waals surface area (Å²) in [6.45, 7) is -0.771. The summed E-state index contributed by atoms with van der Waals surface area (Å²) in [6, 6.07) is 3.06. The van der Waals surface area contributed by atoms with Crippen LogP contribution in [0.1, 0.15) is 5.56 Å². The molecule has 0 atom stereocenters. The van der Waals surface area contributed by atoms with Crippen molar-refractivity contribution in [1.82, 2.24) is 0 Å². The smallest absolute Gasteiger partial charge is 0.399 e. The summed E-state index contributed by atoms with van der Waals surface area (Å²) in [5.41, 5.74) is 3.87. The standard InChI is InChI=1S/C10H11F5N2/c1-17(5-9(11)12)8-3-2-6(16)4-7(8)10(13,14)15/h2-4,9H,5,16H2,1H3. The van der Waals surface area contributed by atoms with Gasteiger partial charge in [0.05, 0.1) is 12.1 Å². The Kier molecular flexibility index (Phi) is 3.79. The van der Waals surface area contributed by atoms with Gasteiger partial charge in [-0.3, -0.25) is 0 Å². The Bertz CT molecular complexity index is 389. The maximum absolute atomic E-state index is 12.7. The number of nitrogens with zero attached hydrogens (tertiary/aromatic N) is 1. The highest BCUT2D eigenvalue weighted by Gasteiger charge is 2.34. The molecule has 1 aromatic carbocycles. The summed E-state index contributed by atoms with van der Waals surface area (Å²) in [4.78, 5) is 0.854. The first-order valence-electron chi connectivity index (χ1n) is 4.68. The SMILES string of the molecule is CN(CC(F)F)c1ccc(N)cc1C(F)(F)F. The van der Waals surface area contributed by atoms with Crippen molar-refractivity contribution in [3.05, 3.63) is 23.8 Å². The van der Waals surface area contributed by atoms with Crippen LogP contribution >= 0.6 is 0 Å². The minimum atomic E-state index is -4.62. The molecule has 0 saturated heterocycles. The fraction of sp³-hybridized carbons (Fsp3) is 0.400. The quantitative estimate of drug-likeness (QED) is 0.663. The molecule has 0 bridgehead atoms. The van der Waals surface area contributed by atoms with E-state index in [1.54, 1.807) is 0 Å².